The Labute approximate surface area is 77.1 Å². The highest BCUT2D eigenvalue weighted by molar-refractivity contribution is 5.92. The zero-order chi connectivity index (χ0) is 10.0. The van der Waals surface area contributed by atoms with Gasteiger partial charge in [-0.2, -0.15) is 5.10 Å². The quantitative estimate of drug-likeness (QED) is 0.710. The monoisotopic (exact) mass is 182 g/mol. The van der Waals surface area contributed by atoms with Crippen molar-refractivity contribution in [3.05, 3.63) is 11.8 Å². The first-order valence-electron chi connectivity index (χ1n) is 4.11. The number of hydrogen-bond acceptors (Lipinski definition) is 3. The molecule has 1 aromatic rings. The number of nitrogens with zero attached hydrogens (tertiary/aromatic N) is 3. The summed E-state index contributed by atoms with van der Waals surface area (Å²) in [4.78, 5) is 13.0. The van der Waals surface area contributed by atoms with Crippen LogP contribution in [0.1, 0.15) is 17.4 Å². The van der Waals surface area contributed by atoms with E-state index in [9.17, 15) is 4.79 Å². The lowest BCUT2D eigenvalue weighted by molar-refractivity contribution is 0.0815. The Hall–Kier alpha value is -1.52. The number of aryl methyl sites for hydroxylation is 1. The number of anilines is 1. The molecule has 1 heterocycles. The van der Waals surface area contributed by atoms with Gasteiger partial charge >= 0.3 is 0 Å². The van der Waals surface area contributed by atoms with E-state index in [1.165, 1.54) is 4.90 Å². The molecule has 0 aliphatic carbocycles. The molecule has 0 unspecified atom stereocenters. The topological polar surface area (TPSA) is 64.2 Å². The van der Waals surface area contributed by atoms with E-state index < -0.39 is 0 Å². The summed E-state index contributed by atoms with van der Waals surface area (Å²) in [5, 5.41) is 3.98. The van der Waals surface area contributed by atoms with Crippen LogP contribution in [-0.2, 0) is 6.54 Å². The lowest BCUT2D eigenvalue weighted by Crippen LogP contribution is -2.24. The standard InChI is InChI=1S/C8H14N4O/c1-4-12-6(5-7(9)10-12)8(13)11(2)3/h5H,4H2,1-3H3,(H2,9,10). The van der Waals surface area contributed by atoms with Gasteiger partial charge in [-0.25, -0.2) is 0 Å². The molecule has 1 aromatic heterocycles. The van der Waals surface area contributed by atoms with Crippen LogP contribution in [0, 0.1) is 0 Å². The fourth-order valence-corrected chi connectivity index (χ4v) is 1.08. The summed E-state index contributed by atoms with van der Waals surface area (Å²) in [7, 11) is 3.40. The summed E-state index contributed by atoms with van der Waals surface area (Å²) in [5.41, 5.74) is 6.02. The van der Waals surface area contributed by atoms with Crippen LogP contribution in [0.15, 0.2) is 6.07 Å². The van der Waals surface area contributed by atoms with Gasteiger partial charge in [0.1, 0.15) is 11.5 Å². The van der Waals surface area contributed by atoms with Crippen LogP contribution in [0.5, 0.6) is 0 Å². The normalized spacial score (nSPS) is 10.1. The molecule has 0 bridgehead atoms. The van der Waals surface area contributed by atoms with Crippen molar-refractivity contribution in [1.82, 2.24) is 14.7 Å². The SMILES string of the molecule is CCn1nc(N)cc1C(=O)N(C)C. The Morgan fingerprint density at radius 3 is 2.77 bits per heavy atom. The third-order valence-corrected chi connectivity index (χ3v) is 1.72. The smallest absolute Gasteiger partial charge is 0.271 e. The molecular formula is C8H14N4O. The summed E-state index contributed by atoms with van der Waals surface area (Å²) in [6.07, 6.45) is 0. The van der Waals surface area contributed by atoms with Gasteiger partial charge in [0.2, 0.25) is 0 Å². The minimum absolute atomic E-state index is 0.0777. The average molecular weight is 182 g/mol. The lowest BCUT2D eigenvalue weighted by Gasteiger charge is -2.10. The molecule has 0 atom stereocenters. The third-order valence-electron chi connectivity index (χ3n) is 1.72. The molecular weight excluding hydrogens is 168 g/mol. The zero-order valence-electron chi connectivity index (χ0n) is 8.11. The van der Waals surface area contributed by atoms with Gasteiger partial charge in [-0.15, -0.1) is 0 Å². The number of carbonyl (C=O) groups excluding carboxylic acids is 1. The van der Waals surface area contributed by atoms with E-state index in [4.69, 9.17) is 5.73 Å². The molecule has 0 aliphatic rings. The highest BCUT2D eigenvalue weighted by Crippen LogP contribution is 2.07. The Morgan fingerprint density at radius 2 is 2.31 bits per heavy atom. The van der Waals surface area contributed by atoms with Crippen molar-refractivity contribution in [2.24, 2.45) is 0 Å². The molecule has 0 aliphatic heterocycles. The minimum Gasteiger partial charge on any atom is -0.382 e. The number of rotatable bonds is 2. The Balaban J connectivity index is 3.05. The number of amides is 1. The largest absolute Gasteiger partial charge is 0.382 e. The van der Waals surface area contributed by atoms with Crippen molar-refractivity contribution in [1.29, 1.82) is 0 Å². The van der Waals surface area contributed by atoms with Crippen LogP contribution in [0.3, 0.4) is 0 Å². The predicted octanol–water partition coefficient (Wildman–Crippen LogP) is 0.187. The van der Waals surface area contributed by atoms with Gasteiger partial charge in [-0.05, 0) is 6.92 Å². The van der Waals surface area contributed by atoms with E-state index in [1.807, 2.05) is 6.92 Å². The summed E-state index contributed by atoms with van der Waals surface area (Å²) in [6, 6.07) is 1.59. The van der Waals surface area contributed by atoms with Gasteiger partial charge in [0, 0.05) is 26.7 Å². The summed E-state index contributed by atoms with van der Waals surface area (Å²) in [5.74, 6) is 0.304. The van der Waals surface area contributed by atoms with Crippen molar-refractivity contribution in [2.45, 2.75) is 13.5 Å². The molecule has 13 heavy (non-hydrogen) atoms. The molecule has 5 heteroatoms. The molecule has 1 rings (SSSR count). The molecule has 2 N–H and O–H groups in total. The van der Waals surface area contributed by atoms with E-state index in [2.05, 4.69) is 5.10 Å². The number of nitrogens with two attached hydrogens (primary N) is 1. The summed E-state index contributed by atoms with van der Waals surface area (Å²) in [6.45, 7) is 2.56. The lowest BCUT2D eigenvalue weighted by atomic mass is 10.3. The van der Waals surface area contributed by atoms with Crippen molar-refractivity contribution >= 4 is 11.7 Å². The molecule has 0 radical (unpaired) electrons. The van der Waals surface area contributed by atoms with Gasteiger partial charge in [0.25, 0.3) is 5.91 Å². The van der Waals surface area contributed by atoms with Crippen LogP contribution in [0.2, 0.25) is 0 Å². The van der Waals surface area contributed by atoms with E-state index in [1.54, 1.807) is 24.8 Å². The maximum atomic E-state index is 11.5. The Kier molecular flexibility index (Phi) is 2.55. The fourth-order valence-electron chi connectivity index (χ4n) is 1.08. The van der Waals surface area contributed by atoms with Gasteiger partial charge in [-0.3, -0.25) is 9.48 Å². The molecule has 0 spiro atoms. The zero-order valence-corrected chi connectivity index (χ0v) is 8.11. The first-order chi connectivity index (χ1) is 6.06. The summed E-state index contributed by atoms with van der Waals surface area (Å²) >= 11 is 0. The second-order valence-corrected chi connectivity index (χ2v) is 2.97. The Morgan fingerprint density at radius 1 is 1.69 bits per heavy atom. The van der Waals surface area contributed by atoms with Gasteiger partial charge < -0.3 is 10.6 Å². The number of carbonyl (C=O) groups is 1. The predicted molar refractivity (Wildman–Crippen MR) is 50.3 cm³/mol. The van der Waals surface area contributed by atoms with Gasteiger partial charge in [-0.1, -0.05) is 0 Å². The molecule has 0 aromatic carbocycles. The van der Waals surface area contributed by atoms with Crippen molar-refractivity contribution < 1.29 is 4.79 Å². The Bertz CT molecular complexity index is 316. The van der Waals surface area contributed by atoms with Crippen LogP contribution in [0.4, 0.5) is 5.82 Å². The van der Waals surface area contributed by atoms with Gasteiger partial charge in [0.05, 0.1) is 0 Å². The van der Waals surface area contributed by atoms with Crippen LogP contribution in [0.25, 0.3) is 0 Å². The van der Waals surface area contributed by atoms with E-state index in [-0.39, 0.29) is 5.91 Å². The van der Waals surface area contributed by atoms with Crippen LogP contribution in [-0.4, -0.2) is 34.7 Å². The maximum absolute atomic E-state index is 11.5. The van der Waals surface area contributed by atoms with Crippen LogP contribution >= 0.6 is 0 Å². The molecule has 72 valence electrons. The van der Waals surface area contributed by atoms with E-state index in [0.717, 1.165) is 0 Å². The number of nitrogen functional groups attached to an aromatic ring is 1. The average Bonchev–Trinajstić information content (AvgIpc) is 2.45. The van der Waals surface area contributed by atoms with Crippen LogP contribution < -0.4 is 5.73 Å². The highest BCUT2D eigenvalue weighted by atomic mass is 16.2. The minimum atomic E-state index is -0.0777. The second kappa shape index (κ2) is 3.47. The van der Waals surface area contributed by atoms with Crippen molar-refractivity contribution in [3.63, 3.8) is 0 Å². The van der Waals surface area contributed by atoms with Gasteiger partial charge in [0.15, 0.2) is 0 Å². The van der Waals surface area contributed by atoms with E-state index in [0.29, 0.717) is 18.1 Å². The second-order valence-electron chi connectivity index (χ2n) is 2.97. The maximum Gasteiger partial charge on any atom is 0.271 e. The summed E-state index contributed by atoms with van der Waals surface area (Å²) < 4.78 is 1.59. The first kappa shape index (κ1) is 9.57. The molecule has 1 amide bonds. The fraction of sp³-hybridized carbons (Fsp3) is 0.500. The molecule has 0 saturated heterocycles. The molecule has 0 fully saturated rings. The highest BCUT2D eigenvalue weighted by Gasteiger charge is 2.14. The first-order valence-corrected chi connectivity index (χ1v) is 4.11. The van der Waals surface area contributed by atoms with Crippen molar-refractivity contribution in [3.8, 4) is 0 Å². The molecule has 0 saturated carbocycles. The molecule has 5 nitrogen and oxygen atoms in total. The van der Waals surface area contributed by atoms with E-state index >= 15 is 0 Å². The number of aromatic nitrogens is 2. The number of hydrogen-bond donors (Lipinski definition) is 1. The van der Waals surface area contributed by atoms with Crippen molar-refractivity contribution in [2.75, 3.05) is 19.8 Å². The third kappa shape index (κ3) is 1.80.